The highest BCUT2D eigenvalue weighted by Gasteiger charge is 2.52. The van der Waals surface area contributed by atoms with Crippen molar-refractivity contribution in [1.29, 1.82) is 0 Å². The van der Waals surface area contributed by atoms with Gasteiger partial charge in [0.05, 0.1) is 0 Å². The number of rotatable bonds is 8. The van der Waals surface area contributed by atoms with Crippen LogP contribution in [0.4, 0.5) is 0 Å². The quantitative estimate of drug-likeness (QED) is 0.301. The standard InChI is InChI=1S/C22H42O5Si/c1-15(27-28(12,13)20(5,6)7)14-19-18(4)21(23-8,24-9)16(2)17(3)22(19,25-10)26-11/h15H,14H2,1-13H3. The predicted octanol–water partition coefficient (Wildman–Crippen LogP) is 5.43. The molecule has 1 aliphatic carbocycles. The molecule has 0 aromatic rings. The lowest BCUT2D eigenvalue weighted by molar-refractivity contribution is -0.186. The van der Waals surface area contributed by atoms with Gasteiger partial charge in [-0.15, -0.1) is 0 Å². The van der Waals surface area contributed by atoms with E-state index in [1.165, 1.54) is 0 Å². The lowest BCUT2D eigenvalue weighted by Gasteiger charge is -2.48. The van der Waals surface area contributed by atoms with Crippen LogP contribution in [0.2, 0.25) is 18.1 Å². The Morgan fingerprint density at radius 2 is 1.18 bits per heavy atom. The summed E-state index contributed by atoms with van der Waals surface area (Å²) in [7, 11) is 4.80. The first kappa shape index (κ1) is 25.5. The Morgan fingerprint density at radius 1 is 0.786 bits per heavy atom. The average molecular weight is 415 g/mol. The van der Waals surface area contributed by atoms with Crippen LogP contribution < -0.4 is 0 Å². The van der Waals surface area contributed by atoms with Crippen LogP contribution in [0.15, 0.2) is 22.3 Å². The van der Waals surface area contributed by atoms with Gasteiger partial charge in [0.15, 0.2) is 8.32 Å². The van der Waals surface area contributed by atoms with Gasteiger partial charge < -0.3 is 23.4 Å². The van der Waals surface area contributed by atoms with Crippen molar-refractivity contribution in [2.24, 2.45) is 0 Å². The summed E-state index contributed by atoms with van der Waals surface area (Å²) in [5.41, 5.74) is 3.84. The Morgan fingerprint density at radius 3 is 1.54 bits per heavy atom. The first-order chi connectivity index (χ1) is 12.7. The zero-order chi connectivity index (χ0) is 22.1. The SMILES string of the molecule is COC1(OC)C(C)=C(C)C(OC)(OC)C(CC(C)O[Si](C)(C)C(C)(C)C)=C1C. The predicted molar refractivity (Wildman–Crippen MR) is 117 cm³/mol. The van der Waals surface area contributed by atoms with E-state index in [9.17, 15) is 0 Å². The molecule has 0 N–H and O–H groups in total. The van der Waals surface area contributed by atoms with E-state index >= 15 is 0 Å². The molecule has 0 aliphatic heterocycles. The first-order valence-corrected chi connectivity index (χ1v) is 12.9. The van der Waals surface area contributed by atoms with Crippen molar-refractivity contribution in [1.82, 2.24) is 0 Å². The molecule has 0 heterocycles. The fraction of sp³-hybridized carbons (Fsp3) is 0.818. The molecule has 0 aromatic heterocycles. The van der Waals surface area contributed by atoms with Gasteiger partial charge in [-0.3, -0.25) is 0 Å². The van der Waals surface area contributed by atoms with Gasteiger partial charge in [-0.2, -0.15) is 0 Å². The molecule has 0 bridgehead atoms. The summed E-state index contributed by atoms with van der Waals surface area (Å²) in [6.07, 6.45) is 0.673. The zero-order valence-corrected chi connectivity index (χ0v) is 21.3. The van der Waals surface area contributed by atoms with Gasteiger partial charge in [-0.1, -0.05) is 20.8 Å². The van der Waals surface area contributed by atoms with Crippen molar-refractivity contribution < 1.29 is 23.4 Å². The number of hydrogen-bond acceptors (Lipinski definition) is 5. The minimum absolute atomic E-state index is 0.00753. The second-order valence-electron chi connectivity index (χ2n) is 9.30. The maximum atomic E-state index is 6.63. The van der Waals surface area contributed by atoms with Crippen LogP contribution in [-0.2, 0) is 23.4 Å². The number of hydrogen-bond donors (Lipinski definition) is 0. The van der Waals surface area contributed by atoms with Crippen molar-refractivity contribution in [2.45, 2.75) is 90.7 Å². The van der Waals surface area contributed by atoms with E-state index < -0.39 is 19.9 Å². The summed E-state index contributed by atoms with van der Waals surface area (Å²) < 4.78 is 30.4. The lowest BCUT2D eigenvalue weighted by Crippen LogP contribution is -2.51. The van der Waals surface area contributed by atoms with E-state index in [4.69, 9.17) is 23.4 Å². The molecule has 0 spiro atoms. The lowest BCUT2D eigenvalue weighted by atomic mass is 9.76. The molecule has 1 aliphatic rings. The Kier molecular flexibility index (Phi) is 7.93. The number of ether oxygens (including phenoxy) is 4. The average Bonchev–Trinajstić information content (AvgIpc) is 2.60. The van der Waals surface area contributed by atoms with Gasteiger partial charge >= 0.3 is 0 Å². The zero-order valence-electron chi connectivity index (χ0n) is 20.3. The van der Waals surface area contributed by atoms with E-state index in [0.29, 0.717) is 6.42 Å². The molecule has 0 aromatic carbocycles. The van der Waals surface area contributed by atoms with Crippen LogP contribution in [0.5, 0.6) is 0 Å². The van der Waals surface area contributed by atoms with E-state index in [1.54, 1.807) is 28.4 Å². The van der Waals surface area contributed by atoms with Crippen molar-refractivity contribution in [3.05, 3.63) is 22.3 Å². The molecule has 28 heavy (non-hydrogen) atoms. The molecule has 0 amide bonds. The molecule has 1 atom stereocenters. The van der Waals surface area contributed by atoms with Gasteiger partial charge in [0, 0.05) is 40.1 Å². The van der Waals surface area contributed by atoms with E-state index in [1.807, 2.05) is 20.8 Å². The third kappa shape index (κ3) is 4.05. The van der Waals surface area contributed by atoms with Crippen LogP contribution in [0, 0.1) is 0 Å². The van der Waals surface area contributed by atoms with E-state index in [-0.39, 0.29) is 11.1 Å². The summed E-state index contributed by atoms with van der Waals surface area (Å²) >= 11 is 0. The molecule has 0 saturated heterocycles. The van der Waals surface area contributed by atoms with Gasteiger partial charge in [-0.05, 0) is 69.0 Å². The van der Waals surface area contributed by atoms with E-state index in [2.05, 4.69) is 40.8 Å². The van der Waals surface area contributed by atoms with Crippen LogP contribution in [0.1, 0.15) is 54.9 Å². The fourth-order valence-electron chi connectivity index (χ4n) is 4.07. The van der Waals surface area contributed by atoms with Crippen molar-refractivity contribution >= 4 is 8.32 Å². The Bertz CT molecular complexity index is 619. The molecule has 1 unspecified atom stereocenters. The van der Waals surface area contributed by atoms with Crippen molar-refractivity contribution in [3.63, 3.8) is 0 Å². The number of methoxy groups -OCH3 is 4. The normalized spacial score (nSPS) is 21.3. The largest absolute Gasteiger partial charge is 0.414 e. The Balaban J connectivity index is 3.48. The summed E-state index contributed by atoms with van der Waals surface area (Å²) in [5.74, 6) is -1.86. The highest BCUT2D eigenvalue weighted by Crippen LogP contribution is 2.49. The highest BCUT2D eigenvalue weighted by molar-refractivity contribution is 6.74. The van der Waals surface area contributed by atoms with Crippen LogP contribution >= 0.6 is 0 Å². The van der Waals surface area contributed by atoms with Crippen LogP contribution in [0.25, 0.3) is 0 Å². The first-order valence-electron chi connectivity index (χ1n) is 9.98. The molecule has 1 rings (SSSR count). The Hall–Kier alpha value is -0.503. The van der Waals surface area contributed by atoms with E-state index in [0.717, 1.165) is 22.3 Å². The highest BCUT2D eigenvalue weighted by atomic mass is 28.4. The summed E-state index contributed by atoms with van der Waals surface area (Å²) in [6.45, 7) is 19.5. The minimum Gasteiger partial charge on any atom is -0.414 e. The molecule has 164 valence electrons. The monoisotopic (exact) mass is 414 g/mol. The second-order valence-corrected chi connectivity index (χ2v) is 14.1. The fourth-order valence-corrected chi connectivity index (χ4v) is 5.52. The molecule has 5 nitrogen and oxygen atoms in total. The topological polar surface area (TPSA) is 46.2 Å². The molecular formula is C22H42O5Si. The minimum atomic E-state index is -1.90. The van der Waals surface area contributed by atoms with Crippen LogP contribution in [-0.4, -0.2) is 54.4 Å². The maximum absolute atomic E-state index is 6.63. The second kappa shape index (κ2) is 8.70. The summed E-state index contributed by atoms with van der Waals surface area (Å²) in [4.78, 5) is 0. The van der Waals surface area contributed by atoms with Gasteiger partial charge in [0.25, 0.3) is 0 Å². The third-order valence-electron chi connectivity index (χ3n) is 6.84. The van der Waals surface area contributed by atoms with Crippen molar-refractivity contribution in [2.75, 3.05) is 28.4 Å². The molecular weight excluding hydrogens is 372 g/mol. The summed E-state index contributed by atoms with van der Waals surface area (Å²) in [5, 5.41) is 0.145. The van der Waals surface area contributed by atoms with Crippen molar-refractivity contribution in [3.8, 4) is 0 Å². The van der Waals surface area contributed by atoms with Gasteiger partial charge in [0.2, 0.25) is 11.6 Å². The Labute approximate surface area is 173 Å². The summed E-state index contributed by atoms with van der Waals surface area (Å²) in [6, 6.07) is 0. The smallest absolute Gasteiger partial charge is 0.214 e. The molecule has 6 heteroatoms. The molecule has 0 radical (unpaired) electrons. The van der Waals surface area contributed by atoms with Crippen LogP contribution in [0.3, 0.4) is 0 Å². The third-order valence-corrected chi connectivity index (χ3v) is 11.4. The van der Waals surface area contributed by atoms with Gasteiger partial charge in [0.1, 0.15) is 0 Å². The molecule has 0 saturated carbocycles. The maximum Gasteiger partial charge on any atom is 0.214 e. The van der Waals surface area contributed by atoms with Gasteiger partial charge in [-0.25, -0.2) is 0 Å². The molecule has 0 fully saturated rings.